The Morgan fingerprint density at radius 1 is 1.38 bits per heavy atom. The van der Waals surface area contributed by atoms with Crippen LogP contribution in [0.15, 0.2) is 18.2 Å². The van der Waals surface area contributed by atoms with E-state index in [1.54, 1.807) is 6.07 Å². The van der Waals surface area contributed by atoms with Gasteiger partial charge in [0.15, 0.2) is 0 Å². The van der Waals surface area contributed by atoms with Gasteiger partial charge in [0.25, 0.3) is 0 Å². The van der Waals surface area contributed by atoms with Crippen LogP contribution in [0.5, 0.6) is 5.75 Å². The predicted octanol–water partition coefficient (Wildman–Crippen LogP) is 3.19. The second-order valence-corrected chi connectivity index (χ2v) is 8.17. The van der Waals surface area contributed by atoms with Crippen molar-refractivity contribution in [3.8, 4) is 5.75 Å². The Morgan fingerprint density at radius 2 is 2.15 bits per heavy atom. The second-order valence-electron chi connectivity index (χ2n) is 7.76. The fourth-order valence-electron chi connectivity index (χ4n) is 4.17. The quantitative estimate of drug-likeness (QED) is 0.735. The predicted molar refractivity (Wildman–Crippen MR) is 92.4 cm³/mol. The summed E-state index contributed by atoms with van der Waals surface area (Å²) in [5, 5.41) is 0.283. The number of hydrogen-bond donors (Lipinski definition) is 0. The van der Waals surface area contributed by atoms with Gasteiger partial charge in [0.1, 0.15) is 17.7 Å². The molecule has 3 aliphatic rings. The van der Waals surface area contributed by atoms with Crippen LogP contribution in [0.25, 0.3) is 0 Å². The SMILES string of the molecule is O=C1C[C@H](CCC(=O)N2CC3(CC(Oc4ccc(F)cc4Cl)C3)C2)CO1. The molecule has 0 N–H and O–H groups in total. The van der Waals surface area contributed by atoms with Gasteiger partial charge in [-0.2, -0.15) is 0 Å². The van der Waals surface area contributed by atoms with Crippen molar-refractivity contribution < 1.29 is 23.5 Å². The van der Waals surface area contributed by atoms with E-state index in [0.717, 1.165) is 25.9 Å². The number of rotatable bonds is 5. The van der Waals surface area contributed by atoms with E-state index in [-0.39, 0.29) is 40.2 Å². The van der Waals surface area contributed by atoms with Gasteiger partial charge >= 0.3 is 5.97 Å². The lowest BCUT2D eigenvalue weighted by molar-refractivity contribution is -0.160. The number of carbonyl (C=O) groups is 2. The maximum Gasteiger partial charge on any atom is 0.306 e. The number of cyclic esters (lactones) is 1. The molecule has 1 aliphatic carbocycles. The highest BCUT2D eigenvalue weighted by atomic mass is 35.5. The Bertz CT molecular complexity index is 726. The molecule has 0 bridgehead atoms. The van der Waals surface area contributed by atoms with E-state index in [1.807, 2.05) is 4.90 Å². The maximum atomic E-state index is 13.1. The van der Waals surface area contributed by atoms with Crippen molar-refractivity contribution in [2.45, 2.75) is 38.2 Å². The number of ether oxygens (including phenoxy) is 2. The van der Waals surface area contributed by atoms with Gasteiger partial charge in [-0.15, -0.1) is 0 Å². The Kier molecular flexibility index (Phi) is 4.55. The molecule has 26 heavy (non-hydrogen) atoms. The molecule has 1 atom stereocenters. The molecule has 0 radical (unpaired) electrons. The topological polar surface area (TPSA) is 55.8 Å². The van der Waals surface area contributed by atoms with Crippen LogP contribution in [0.3, 0.4) is 0 Å². The van der Waals surface area contributed by atoms with Gasteiger partial charge in [0.05, 0.1) is 18.1 Å². The molecule has 0 unspecified atom stereocenters. The van der Waals surface area contributed by atoms with Crippen LogP contribution in [0, 0.1) is 17.2 Å². The lowest BCUT2D eigenvalue weighted by Gasteiger charge is -2.58. The first kappa shape index (κ1) is 17.6. The minimum absolute atomic E-state index is 0.0665. The Labute approximate surface area is 156 Å². The van der Waals surface area contributed by atoms with Gasteiger partial charge in [-0.3, -0.25) is 9.59 Å². The summed E-state index contributed by atoms with van der Waals surface area (Å²) >= 11 is 5.99. The van der Waals surface area contributed by atoms with Crippen LogP contribution in [0.4, 0.5) is 4.39 Å². The molecule has 4 rings (SSSR count). The highest BCUT2D eigenvalue weighted by molar-refractivity contribution is 6.32. The zero-order valence-corrected chi connectivity index (χ0v) is 15.1. The monoisotopic (exact) mass is 381 g/mol. The largest absolute Gasteiger partial charge is 0.489 e. The molecule has 1 aromatic carbocycles. The highest BCUT2D eigenvalue weighted by Crippen LogP contribution is 2.50. The zero-order chi connectivity index (χ0) is 18.3. The molecule has 2 aliphatic heterocycles. The normalized spacial score (nSPS) is 24.2. The van der Waals surface area contributed by atoms with Crippen LogP contribution >= 0.6 is 11.6 Å². The lowest BCUT2D eigenvalue weighted by Crippen LogP contribution is -2.65. The van der Waals surface area contributed by atoms with Crippen LogP contribution < -0.4 is 4.74 Å². The summed E-state index contributed by atoms with van der Waals surface area (Å²) in [4.78, 5) is 25.2. The van der Waals surface area contributed by atoms with Crippen LogP contribution in [0.2, 0.25) is 5.02 Å². The number of likely N-dealkylation sites (tertiary alicyclic amines) is 1. The molecule has 1 aromatic rings. The first-order chi connectivity index (χ1) is 12.4. The summed E-state index contributed by atoms with van der Waals surface area (Å²) in [5.41, 5.74) is 0.166. The Morgan fingerprint density at radius 3 is 2.81 bits per heavy atom. The van der Waals surface area contributed by atoms with Gasteiger partial charge in [-0.05, 0) is 37.5 Å². The lowest BCUT2D eigenvalue weighted by atomic mass is 9.61. The summed E-state index contributed by atoms with van der Waals surface area (Å²) in [5.74, 6) is 0.305. The number of esters is 1. The molecule has 1 spiro atoms. The molecule has 5 nitrogen and oxygen atoms in total. The van der Waals surface area contributed by atoms with E-state index >= 15 is 0 Å². The van der Waals surface area contributed by atoms with Crippen molar-refractivity contribution in [3.63, 3.8) is 0 Å². The molecule has 2 heterocycles. The molecular weight excluding hydrogens is 361 g/mol. The molecule has 0 aromatic heterocycles. The van der Waals surface area contributed by atoms with Crippen molar-refractivity contribution >= 4 is 23.5 Å². The average molecular weight is 382 g/mol. The fourth-order valence-corrected chi connectivity index (χ4v) is 4.39. The van der Waals surface area contributed by atoms with Gasteiger partial charge in [0.2, 0.25) is 5.91 Å². The third-order valence-corrected chi connectivity index (χ3v) is 5.91. The number of hydrogen-bond acceptors (Lipinski definition) is 4. The summed E-state index contributed by atoms with van der Waals surface area (Å²) in [7, 11) is 0. The van der Waals surface area contributed by atoms with Crippen LogP contribution in [0.1, 0.15) is 32.1 Å². The van der Waals surface area contributed by atoms with Gasteiger partial charge in [0, 0.05) is 30.8 Å². The first-order valence-electron chi connectivity index (χ1n) is 8.98. The van der Waals surface area contributed by atoms with Crippen molar-refractivity contribution in [2.24, 2.45) is 11.3 Å². The molecule has 1 saturated carbocycles. The molecule has 2 saturated heterocycles. The molecule has 7 heteroatoms. The Balaban J connectivity index is 1.18. The fraction of sp³-hybridized carbons (Fsp3) is 0.579. The third kappa shape index (κ3) is 3.52. The summed E-state index contributed by atoms with van der Waals surface area (Å²) < 4.78 is 23.8. The summed E-state index contributed by atoms with van der Waals surface area (Å²) in [6.45, 7) is 1.98. The maximum absolute atomic E-state index is 13.1. The van der Waals surface area contributed by atoms with E-state index in [4.69, 9.17) is 21.1 Å². The first-order valence-corrected chi connectivity index (χ1v) is 9.35. The number of halogens is 2. The van der Waals surface area contributed by atoms with Crippen molar-refractivity contribution in [1.82, 2.24) is 4.90 Å². The molecule has 3 fully saturated rings. The highest BCUT2D eigenvalue weighted by Gasteiger charge is 2.54. The smallest absolute Gasteiger partial charge is 0.306 e. The number of benzene rings is 1. The standard InChI is InChI=1S/C19H21ClFNO4/c20-15-6-13(21)2-3-16(15)26-14-7-19(8-14)10-22(11-19)17(23)4-1-12-5-18(24)25-9-12/h2-3,6,12,14H,1,4-5,7-11H2/t12-/m0/s1. The van der Waals surface area contributed by atoms with Crippen LogP contribution in [-0.2, 0) is 14.3 Å². The number of carbonyl (C=O) groups excluding carboxylic acids is 2. The van der Waals surface area contributed by atoms with E-state index in [1.165, 1.54) is 12.1 Å². The van der Waals surface area contributed by atoms with Gasteiger partial charge in [-0.25, -0.2) is 4.39 Å². The number of amides is 1. The van der Waals surface area contributed by atoms with E-state index in [2.05, 4.69) is 0 Å². The van der Waals surface area contributed by atoms with Crippen molar-refractivity contribution in [3.05, 3.63) is 29.0 Å². The molecular formula is C19H21ClFNO4. The molecule has 140 valence electrons. The van der Waals surface area contributed by atoms with Crippen LogP contribution in [-0.4, -0.2) is 42.6 Å². The Hall–Kier alpha value is -1.82. The second kappa shape index (κ2) is 6.72. The minimum Gasteiger partial charge on any atom is -0.489 e. The van der Waals surface area contributed by atoms with E-state index < -0.39 is 0 Å². The third-order valence-electron chi connectivity index (χ3n) is 5.62. The van der Waals surface area contributed by atoms with Crippen molar-refractivity contribution in [1.29, 1.82) is 0 Å². The zero-order valence-electron chi connectivity index (χ0n) is 14.4. The summed E-state index contributed by atoms with van der Waals surface area (Å²) in [6.07, 6.45) is 3.45. The van der Waals surface area contributed by atoms with Crippen molar-refractivity contribution in [2.75, 3.05) is 19.7 Å². The molecule has 1 amide bonds. The van der Waals surface area contributed by atoms with Gasteiger partial charge < -0.3 is 14.4 Å². The summed E-state index contributed by atoms with van der Waals surface area (Å²) in [6, 6.07) is 4.14. The van der Waals surface area contributed by atoms with E-state index in [9.17, 15) is 14.0 Å². The average Bonchev–Trinajstić information content (AvgIpc) is 2.93. The minimum atomic E-state index is -0.380. The number of nitrogens with zero attached hydrogens (tertiary/aromatic N) is 1. The van der Waals surface area contributed by atoms with Gasteiger partial charge in [-0.1, -0.05) is 11.6 Å². The van der Waals surface area contributed by atoms with E-state index in [0.29, 0.717) is 31.6 Å².